The number of carbonyl (C=O) groups is 1. The fraction of sp³-hybridized carbons (Fsp3) is 0.200. The van der Waals surface area contributed by atoms with Crippen molar-refractivity contribution in [2.45, 2.75) is 25.7 Å². The first-order valence-corrected chi connectivity index (χ1v) is 11.5. The Bertz CT molecular complexity index is 1670. The number of ether oxygens (including phenoxy) is 1. The van der Waals surface area contributed by atoms with Crippen molar-refractivity contribution in [2.75, 3.05) is 17.2 Å². The van der Waals surface area contributed by atoms with E-state index in [-0.39, 0.29) is 18.3 Å². The fourth-order valence-electron chi connectivity index (χ4n) is 4.62. The molecule has 1 aliphatic rings. The minimum absolute atomic E-state index is 0.00285. The second-order valence-electron chi connectivity index (χ2n) is 8.66. The summed E-state index contributed by atoms with van der Waals surface area (Å²) in [6, 6.07) is 7.70. The number of aromatic nitrogens is 5. The molecule has 0 unspecified atom stereocenters. The summed E-state index contributed by atoms with van der Waals surface area (Å²) in [6.45, 7) is 2.49. The highest BCUT2D eigenvalue weighted by molar-refractivity contribution is 6.08. The quantitative estimate of drug-likeness (QED) is 0.385. The number of nitrogen functional groups attached to an aromatic ring is 1. The van der Waals surface area contributed by atoms with Crippen LogP contribution < -0.4 is 15.4 Å². The number of alkyl halides is 3. The molecule has 0 spiro atoms. The van der Waals surface area contributed by atoms with Crippen LogP contribution in [0.25, 0.3) is 16.6 Å². The number of carbonyl (C=O) groups excluding carboxylic acids is 1. The number of hydrogen-bond acceptors (Lipinski definition) is 6. The van der Waals surface area contributed by atoms with Crippen molar-refractivity contribution < 1.29 is 22.7 Å². The highest BCUT2D eigenvalue weighted by Gasteiger charge is 2.38. The largest absolute Gasteiger partial charge is 0.491 e. The van der Waals surface area contributed by atoms with Crippen molar-refractivity contribution in [1.29, 1.82) is 0 Å². The van der Waals surface area contributed by atoms with E-state index in [4.69, 9.17) is 10.5 Å². The number of rotatable bonds is 4. The summed E-state index contributed by atoms with van der Waals surface area (Å²) in [6.07, 6.45) is 1.95. The molecule has 5 aromatic rings. The molecule has 2 N–H and O–H groups in total. The molecular weight excluding hydrogens is 487 g/mol. The SMILES string of the molecule is CCn1cc(N(C(=O)c2ccc3nc(N)c4cncn4c3c2)[C@@H]2COc3cc(C(F)(F)F)ccc32)cn1. The van der Waals surface area contributed by atoms with Gasteiger partial charge in [-0.05, 0) is 37.3 Å². The van der Waals surface area contributed by atoms with Crippen molar-refractivity contribution >= 4 is 34.0 Å². The summed E-state index contributed by atoms with van der Waals surface area (Å²) in [7, 11) is 0. The summed E-state index contributed by atoms with van der Waals surface area (Å²) in [5.74, 6) is 0.0402. The summed E-state index contributed by atoms with van der Waals surface area (Å²) in [4.78, 5) is 24.1. The normalized spacial score (nSPS) is 15.2. The molecule has 1 amide bonds. The highest BCUT2D eigenvalue weighted by Crippen LogP contribution is 2.42. The second kappa shape index (κ2) is 8.22. The van der Waals surface area contributed by atoms with Crippen LogP contribution in [0.3, 0.4) is 0 Å². The van der Waals surface area contributed by atoms with Gasteiger partial charge in [-0.1, -0.05) is 6.07 Å². The van der Waals surface area contributed by atoms with Gasteiger partial charge in [0.05, 0.1) is 47.0 Å². The zero-order chi connectivity index (χ0) is 25.9. The van der Waals surface area contributed by atoms with Crippen LogP contribution in [0.15, 0.2) is 61.3 Å². The maximum absolute atomic E-state index is 14.0. The molecule has 2 aromatic carbocycles. The number of halogens is 3. The van der Waals surface area contributed by atoms with E-state index < -0.39 is 17.8 Å². The number of anilines is 2. The van der Waals surface area contributed by atoms with Gasteiger partial charge in [-0.2, -0.15) is 18.3 Å². The van der Waals surface area contributed by atoms with Crippen molar-refractivity contribution in [1.82, 2.24) is 24.1 Å². The molecule has 0 fully saturated rings. The van der Waals surface area contributed by atoms with Crippen LogP contribution in [0, 0.1) is 0 Å². The average Bonchev–Trinajstić information content (AvgIpc) is 3.64. The summed E-state index contributed by atoms with van der Waals surface area (Å²) < 4.78 is 48.8. The Morgan fingerprint density at radius 3 is 2.78 bits per heavy atom. The predicted octanol–water partition coefficient (Wildman–Crippen LogP) is 4.48. The van der Waals surface area contributed by atoms with E-state index in [1.165, 1.54) is 11.0 Å². The number of nitrogens with two attached hydrogens (primary N) is 1. The smallest absolute Gasteiger partial charge is 0.416 e. The lowest BCUT2D eigenvalue weighted by Crippen LogP contribution is -2.35. The molecule has 3 aromatic heterocycles. The molecule has 0 bridgehead atoms. The molecule has 1 aliphatic heterocycles. The number of benzene rings is 2. The van der Waals surface area contributed by atoms with Crippen LogP contribution in [0.2, 0.25) is 0 Å². The number of imidazole rings is 1. The number of nitrogens with zero attached hydrogens (tertiary/aromatic N) is 6. The summed E-state index contributed by atoms with van der Waals surface area (Å²) in [5.41, 5.74) is 8.37. The molecule has 188 valence electrons. The van der Waals surface area contributed by atoms with Gasteiger partial charge in [-0.25, -0.2) is 9.97 Å². The lowest BCUT2D eigenvalue weighted by Gasteiger charge is -2.27. The molecule has 0 aliphatic carbocycles. The van der Waals surface area contributed by atoms with Crippen LogP contribution in [-0.4, -0.2) is 36.7 Å². The zero-order valence-electron chi connectivity index (χ0n) is 19.5. The lowest BCUT2D eigenvalue weighted by molar-refractivity contribution is -0.137. The van der Waals surface area contributed by atoms with E-state index in [0.717, 1.165) is 12.1 Å². The molecule has 0 saturated heterocycles. The number of aryl methyl sites for hydroxylation is 1. The first-order chi connectivity index (χ1) is 17.7. The number of fused-ring (bicyclic) bond motifs is 4. The Morgan fingerprint density at radius 2 is 2.03 bits per heavy atom. The molecular formula is C25H20F3N7O2. The molecule has 0 radical (unpaired) electrons. The van der Waals surface area contributed by atoms with Gasteiger partial charge >= 0.3 is 6.18 Å². The topological polar surface area (TPSA) is 104 Å². The monoisotopic (exact) mass is 507 g/mol. The minimum atomic E-state index is -4.50. The molecule has 37 heavy (non-hydrogen) atoms. The van der Waals surface area contributed by atoms with Crippen LogP contribution in [0.4, 0.5) is 24.7 Å². The minimum Gasteiger partial charge on any atom is -0.491 e. The Hall–Kier alpha value is -4.61. The number of hydrogen-bond donors (Lipinski definition) is 1. The van der Waals surface area contributed by atoms with E-state index in [0.29, 0.717) is 45.7 Å². The van der Waals surface area contributed by atoms with E-state index in [2.05, 4.69) is 15.1 Å². The maximum Gasteiger partial charge on any atom is 0.416 e. The predicted molar refractivity (Wildman–Crippen MR) is 129 cm³/mol. The van der Waals surface area contributed by atoms with Gasteiger partial charge in [0, 0.05) is 23.9 Å². The van der Waals surface area contributed by atoms with Crippen molar-refractivity contribution in [3.63, 3.8) is 0 Å². The highest BCUT2D eigenvalue weighted by atomic mass is 19.4. The van der Waals surface area contributed by atoms with Crippen LogP contribution in [0.5, 0.6) is 5.75 Å². The maximum atomic E-state index is 14.0. The lowest BCUT2D eigenvalue weighted by atomic mass is 10.0. The van der Waals surface area contributed by atoms with Gasteiger partial charge in [-0.3, -0.25) is 18.8 Å². The first kappa shape index (κ1) is 22.8. The van der Waals surface area contributed by atoms with Crippen LogP contribution in [0.1, 0.15) is 34.5 Å². The molecule has 12 heteroatoms. The van der Waals surface area contributed by atoms with E-state index in [1.807, 2.05) is 6.92 Å². The summed E-state index contributed by atoms with van der Waals surface area (Å²) in [5, 5.41) is 4.30. The third-order valence-corrected chi connectivity index (χ3v) is 6.47. The molecule has 9 nitrogen and oxygen atoms in total. The van der Waals surface area contributed by atoms with E-state index in [9.17, 15) is 18.0 Å². The van der Waals surface area contributed by atoms with Crippen molar-refractivity contribution in [2.24, 2.45) is 0 Å². The van der Waals surface area contributed by atoms with Gasteiger partial charge in [0.1, 0.15) is 23.7 Å². The standard InChI is InChI=1S/C25H20F3N7O2/c1-2-33-11-16(9-31-33)35(21-12-37-22-8-15(25(26,27)28)4-5-17(21)22)24(36)14-3-6-18-19(7-14)34-13-30-10-20(34)23(29)32-18/h3-11,13,21H,2,12H2,1H3,(H2,29,32)/t21-/m1/s1. The average molecular weight is 507 g/mol. The molecule has 6 rings (SSSR count). The Kier molecular flexibility index (Phi) is 5.07. The fourth-order valence-corrected chi connectivity index (χ4v) is 4.62. The van der Waals surface area contributed by atoms with Crippen molar-refractivity contribution in [3.05, 3.63) is 78.0 Å². The molecule has 0 saturated carbocycles. The first-order valence-electron chi connectivity index (χ1n) is 11.5. The molecule has 4 heterocycles. The third kappa shape index (κ3) is 3.72. The zero-order valence-corrected chi connectivity index (χ0v) is 19.5. The number of amides is 1. The van der Waals surface area contributed by atoms with Crippen LogP contribution in [-0.2, 0) is 12.7 Å². The second-order valence-corrected chi connectivity index (χ2v) is 8.66. The Balaban J connectivity index is 1.46. The van der Waals surface area contributed by atoms with Gasteiger partial charge in [0.25, 0.3) is 5.91 Å². The van der Waals surface area contributed by atoms with E-state index in [1.54, 1.807) is 52.2 Å². The van der Waals surface area contributed by atoms with Crippen molar-refractivity contribution in [3.8, 4) is 5.75 Å². The third-order valence-electron chi connectivity index (χ3n) is 6.47. The Labute approximate surface area is 207 Å². The van der Waals surface area contributed by atoms with Crippen LogP contribution >= 0.6 is 0 Å². The van der Waals surface area contributed by atoms with Gasteiger partial charge in [0.15, 0.2) is 0 Å². The van der Waals surface area contributed by atoms with Gasteiger partial charge in [0.2, 0.25) is 0 Å². The van der Waals surface area contributed by atoms with Gasteiger partial charge < -0.3 is 10.5 Å². The molecule has 1 atom stereocenters. The Morgan fingerprint density at radius 1 is 1.19 bits per heavy atom. The van der Waals surface area contributed by atoms with Gasteiger partial charge in [-0.15, -0.1) is 0 Å². The van der Waals surface area contributed by atoms with E-state index >= 15 is 0 Å². The summed E-state index contributed by atoms with van der Waals surface area (Å²) >= 11 is 0.